The second kappa shape index (κ2) is 12.8. The minimum absolute atomic E-state index is 0.150. The number of rotatable bonds is 6. The van der Waals surface area contributed by atoms with Crippen molar-refractivity contribution >= 4 is 38.4 Å². The lowest BCUT2D eigenvalue weighted by atomic mass is 9.82. The van der Waals surface area contributed by atoms with E-state index in [9.17, 15) is 0 Å². The van der Waals surface area contributed by atoms with Crippen LogP contribution in [-0.2, 0) is 5.41 Å². The molecule has 0 aliphatic heterocycles. The van der Waals surface area contributed by atoms with Crippen LogP contribution in [-0.4, -0.2) is 31.6 Å². The van der Waals surface area contributed by atoms with E-state index in [0.29, 0.717) is 5.82 Å². The van der Waals surface area contributed by atoms with Gasteiger partial charge in [-0.1, -0.05) is 123 Å². The first-order chi connectivity index (χ1) is 27.9. The summed E-state index contributed by atoms with van der Waals surface area (Å²) in [7, 11) is 1.69. The van der Waals surface area contributed by atoms with Crippen LogP contribution in [0.1, 0.15) is 43.5 Å². The van der Waals surface area contributed by atoms with Gasteiger partial charge in [-0.05, 0) is 88.2 Å². The molecule has 0 amide bonds. The van der Waals surface area contributed by atoms with Gasteiger partial charge in [0.05, 0.1) is 29.4 Å². The largest absolute Gasteiger partial charge is 0.494 e. The molecule has 6 aromatic carbocycles. The number of aromatic nitrogens is 5. The quantitative estimate of drug-likeness (QED) is 0.184. The van der Waals surface area contributed by atoms with E-state index in [4.69, 9.17) is 19.7 Å². The van der Waals surface area contributed by atoms with Gasteiger partial charge in [0, 0.05) is 33.4 Å². The number of para-hydroxylation sites is 1. The van der Waals surface area contributed by atoms with E-state index in [-0.39, 0.29) is 5.41 Å². The molecule has 3 heterocycles. The second-order valence-electron chi connectivity index (χ2n) is 15.6. The van der Waals surface area contributed by atoms with Crippen LogP contribution in [0.4, 0.5) is 0 Å². The lowest BCUT2D eigenvalue weighted by Gasteiger charge is -2.21. The maximum atomic E-state index is 5.58. The molecule has 0 saturated carbocycles. The summed E-state index contributed by atoms with van der Waals surface area (Å²) < 4.78 is 7.93. The Kier molecular flexibility index (Phi) is 7.45. The summed E-state index contributed by atoms with van der Waals surface area (Å²) in [5, 5.41) is 2.38. The van der Waals surface area contributed by atoms with Gasteiger partial charge in [0.2, 0.25) is 0 Å². The number of benzene rings is 6. The Hall–Kier alpha value is -7.05. The molecule has 0 spiro atoms. The number of nitrogens with one attached hydrogen (secondary N) is 1. The van der Waals surface area contributed by atoms with Crippen molar-refractivity contribution in [1.82, 2.24) is 24.5 Å². The fourth-order valence-corrected chi connectivity index (χ4v) is 8.99. The van der Waals surface area contributed by atoms with Crippen molar-refractivity contribution in [2.45, 2.75) is 32.1 Å². The average molecular weight is 738 g/mol. The summed E-state index contributed by atoms with van der Waals surface area (Å²) in [5.41, 5.74) is 15.5. The molecule has 3 aromatic heterocycles. The Morgan fingerprint density at radius 3 is 2.25 bits per heavy atom. The fraction of sp³-hybridized carbons (Fsp3) is 0.118. The highest BCUT2D eigenvalue weighted by atomic mass is 16.5. The van der Waals surface area contributed by atoms with Gasteiger partial charge in [0.1, 0.15) is 22.9 Å². The maximum absolute atomic E-state index is 5.58. The lowest BCUT2D eigenvalue weighted by molar-refractivity contribution is 0.419. The first-order valence-electron chi connectivity index (χ1n) is 19.6. The van der Waals surface area contributed by atoms with E-state index in [0.717, 1.165) is 85.8 Å². The summed E-state index contributed by atoms with van der Waals surface area (Å²) >= 11 is 0. The number of hydrogen-bond donors (Lipinski definition) is 1. The van der Waals surface area contributed by atoms with Crippen LogP contribution in [0.15, 0.2) is 152 Å². The zero-order valence-electron chi connectivity index (χ0n) is 32.0. The Bertz CT molecular complexity index is 3130. The second-order valence-corrected chi connectivity index (χ2v) is 15.6. The summed E-state index contributed by atoms with van der Waals surface area (Å²) in [6.07, 6.45) is 8.78. The third kappa shape index (κ3) is 5.28. The van der Waals surface area contributed by atoms with Crippen molar-refractivity contribution in [2.24, 2.45) is 0 Å². The van der Waals surface area contributed by atoms with Crippen LogP contribution in [0.5, 0.6) is 5.75 Å². The van der Waals surface area contributed by atoms with Crippen molar-refractivity contribution in [2.75, 3.05) is 7.11 Å². The van der Waals surface area contributed by atoms with E-state index < -0.39 is 0 Å². The molecule has 1 N–H and O–H groups in total. The van der Waals surface area contributed by atoms with Crippen molar-refractivity contribution in [3.63, 3.8) is 0 Å². The molecule has 0 saturated heterocycles. The molecule has 0 unspecified atom stereocenters. The molecule has 2 aliphatic rings. The van der Waals surface area contributed by atoms with Gasteiger partial charge in [0.15, 0.2) is 5.82 Å². The number of fused-ring (bicyclic) bond motifs is 7. The monoisotopic (exact) mass is 737 g/mol. The molecule has 11 rings (SSSR count). The van der Waals surface area contributed by atoms with E-state index in [2.05, 4.69) is 151 Å². The van der Waals surface area contributed by atoms with Gasteiger partial charge in [-0.2, -0.15) is 0 Å². The standard InChI is InChI=1S/C51H39N5O/c1-51(2)40-18-11-10-17-36(40)37-28-39-38-27-35(31-21-23-34(24-22-31)50-52-42-19-12-20-46(57-3)48(42)55-50)25-26-44(38)56(45(39)29-41(37)51)47-30-43(32-13-6-4-7-14-32)53-49(54-47)33-15-8-5-9-16-33/h5-6,8-30H,4,7H2,1-3H3,(H,52,55). The number of hydrogen-bond acceptors (Lipinski definition) is 4. The van der Waals surface area contributed by atoms with Crippen molar-refractivity contribution in [1.29, 1.82) is 0 Å². The van der Waals surface area contributed by atoms with E-state index >= 15 is 0 Å². The average Bonchev–Trinajstić information content (AvgIpc) is 3.92. The van der Waals surface area contributed by atoms with Crippen molar-refractivity contribution < 1.29 is 4.74 Å². The van der Waals surface area contributed by atoms with Gasteiger partial charge in [-0.15, -0.1) is 0 Å². The minimum atomic E-state index is -0.150. The summed E-state index contributed by atoms with van der Waals surface area (Å²) in [5.74, 6) is 3.17. The molecular formula is C51H39N5O. The van der Waals surface area contributed by atoms with Crippen LogP contribution < -0.4 is 4.74 Å². The lowest BCUT2D eigenvalue weighted by Crippen LogP contribution is -2.15. The fourth-order valence-electron chi connectivity index (χ4n) is 8.99. The molecule has 0 bridgehead atoms. The highest BCUT2D eigenvalue weighted by Crippen LogP contribution is 2.51. The van der Waals surface area contributed by atoms with E-state index in [1.807, 2.05) is 24.3 Å². The maximum Gasteiger partial charge on any atom is 0.162 e. The summed E-state index contributed by atoms with van der Waals surface area (Å²) in [6, 6.07) is 47.6. The highest BCUT2D eigenvalue weighted by molar-refractivity contribution is 6.12. The van der Waals surface area contributed by atoms with Gasteiger partial charge < -0.3 is 9.72 Å². The normalized spacial score (nSPS) is 14.3. The third-order valence-electron chi connectivity index (χ3n) is 11.9. The Balaban J connectivity index is 1.12. The van der Waals surface area contributed by atoms with Crippen LogP contribution in [0, 0.1) is 0 Å². The SMILES string of the molecule is COc1cccc2nc(-c3ccc(-c4ccc5c(c4)c4cc6c(cc4n5-c4cc(C5=CCCC=C5)nc(-c5ccccc5)n4)C(C)(C)c4ccccc4-6)cc3)[nH]c12. The minimum Gasteiger partial charge on any atom is -0.494 e. The summed E-state index contributed by atoms with van der Waals surface area (Å²) in [6.45, 7) is 4.69. The van der Waals surface area contributed by atoms with Crippen molar-refractivity contribution in [3.05, 3.63) is 169 Å². The molecule has 57 heavy (non-hydrogen) atoms. The molecular weight excluding hydrogens is 699 g/mol. The number of aromatic amines is 1. The number of allylic oxidation sites excluding steroid dienone is 4. The van der Waals surface area contributed by atoms with E-state index in [1.54, 1.807) is 7.11 Å². The van der Waals surface area contributed by atoms with Crippen molar-refractivity contribution in [3.8, 4) is 56.6 Å². The molecule has 0 radical (unpaired) electrons. The summed E-state index contributed by atoms with van der Waals surface area (Å²) in [4.78, 5) is 18.8. The van der Waals surface area contributed by atoms with Crippen LogP contribution >= 0.6 is 0 Å². The van der Waals surface area contributed by atoms with E-state index in [1.165, 1.54) is 33.0 Å². The molecule has 6 nitrogen and oxygen atoms in total. The highest BCUT2D eigenvalue weighted by Gasteiger charge is 2.36. The zero-order valence-corrected chi connectivity index (χ0v) is 32.0. The number of imidazole rings is 1. The van der Waals surface area contributed by atoms with Gasteiger partial charge in [0.25, 0.3) is 0 Å². The predicted molar refractivity (Wildman–Crippen MR) is 233 cm³/mol. The van der Waals surface area contributed by atoms with Crippen LogP contribution in [0.3, 0.4) is 0 Å². The Morgan fingerprint density at radius 1 is 0.632 bits per heavy atom. The number of H-pyrrole nitrogens is 1. The Labute approximate surface area is 330 Å². The number of methoxy groups -OCH3 is 1. The van der Waals surface area contributed by atoms with Gasteiger partial charge in [-0.3, -0.25) is 4.57 Å². The van der Waals surface area contributed by atoms with Crippen LogP contribution in [0.2, 0.25) is 0 Å². The smallest absolute Gasteiger partial charge is 0.162 e. The predicted octanol–water partition coefficient (Wildman–Crippen LogP) is 12.5. The molecule has 0 atom stereocenters. The van der Waals surface area contributed by atoms with Gasteiger partial charge in [-0.25, -0.2) is 15.0 Å². The zero-order chi connectivity index (χ0) is 38.3. The van der Waals surface area contributed by atoms with Crippen LogP contribution in [0.25, 0.3) is 89.3 Å². The molecule has 9 aromatic rings. The molecule has 0 fully saturated rings. The topological polar surface area (TPSA) is 68.6 Å². The van der Waals surface area contributed by atoms with Gasteiger partial charge >= 0.3 is 0 Å². The molecule has 6 heteroatoms. The third-order valence-corrected chi connectivity index (χ3v) is 11.9. The molecule has 274 valence electrons. The first kappa shape index (κ1) is 33.3. The Morgan fingerprint density at radius 2 is 1.42 bits per heavy atom. The molecule has 2 aliphatic carbocycles. The first-order valence-corrected chi connectivity index (χ1v) is 19.6. The number of ether oxygens (including phenoxy) is 1. The number of nitrogens with zero attached hydrogens (tertiary/aromatic N) is 4.